The van der Waals surface area contributed by atoms with E-state index < -0.39 is 0 Å². The molecule has 4 nitrogen and oxygen atoms in total. The molecule has 1 atom stereocenters. The number of carbonyl (C=O) groups excluding carboxylic acids is 1. The van der Waals surface area contributed by atoms with E-state index in [9.17, 15) is 9.18 Å². The van der Waals surface area contributed by atoms with Crippen LogP contribution < -0.4 is 10.6 Å². The molecule has 1 fully saturated rings. The lowest BCUT2D eigenvalue weighted by Gasteiger charge is -2.42. The van der Waals surface area contributed by atoms with Crippen LogP contribution in [0, 0.1) is 5.82 Å². The number of carbonyl (C=O) groups is 1. The molecule has 6 heteroatoms. The average molecular weight is 447 g/mol. The second-order valence-electron chi connectivity index (χ2n) is 7.79. The Labute approximate surface area is 172 Å². The zero-order valence-corrected chi connectivity index (χ0v) is 17.2. The number of rotatable bonds is 4. The Kier molecular flexibility index (Phi) is 5.43. The Morgan fingerprint density at radius 2 is 2.04 bits per heavy atom. The quantitative estimate of drug-likeness (QED) is 0.638. The van der Waals surface area contributed by atoms with Gasteiger partial charge in [0.1, 0.15) is 5.82 Å². The average Bonchev–Trinajstić information content (AvgIpc) is 3.16. The van der Waals surface area contributed by atoms with E-state index in [2.05, 4.69) is 26.6 Å². The standard InChI is InChI=1S/C22H24BrFN2O2/c23-18-5-4-15(24)12-16(18)20-13-22(7-1-2-8-22)17-11-14(3-6-19(17)26-20)21(28)25-9-10-27/h3-6,11-12,20,26-27H,1-2,7-10,13H2,(H,25,28). The molecular formula is C22H24BrFN2O2. The lowest BCUT2D eigenvalue weighted by atomic mass is 9.69. The van der Waals surface area contributed by atoms with Crippen molar-refractivity contribution in [3.8, 4) is 0 Å². The molecule has 148 valence electrons. The number of aliphatic hydroxyl groups excluding tert-OH is 1. The fourth-order valence-corrected chi connectivity index (χ4v) is 5.28. The molecule has 4 rings (SSSR count). The van der Waals surface area contributed by atoms with Crippen LogP contribution in [0.2, 0.25) is 0 Å². The molecule has 2 aromatic rings. The molecule has 1 amide bonds. The zero-order valence-electron chi connectivity index (χ0n) is 15.6. The minimum atomic E-state index is -0.234. The third-order valence-electron chi connectivity index (χ3n) is 6.07. The summed E-state index contributed by atoms with van der Waals surface area (Å²) in [6.45, 7) is 0.168. The Hall–Kier alpha value is -1.92. The van der Waals surface area contributed by atoms with Gasteiger partial charge in [-0.2, -0.15) is 0 Å². The topological polar surface area (TPSA) is 61.4 Å². The van der Waals surface area contributed by atoms with Crippen LogP contribution in [0.4, 0.5) is 10.1 Å². The van der Waals surface area contributed by atoms with Gasteiger partial charge in [-0.05, 0) is 72.2 Å². The molecule has 0 saturated heterocycles. The SMILES string of the molecule is O=C(NCCO)c1ccc2c(c1)C1(CCCC1)CC(c1cc(F)ccc1Br)N2. The van der Waals surface area contributed by atoms with Gasteiger partial charge in [0.2, 0.25) is 0 Å². The Bertz CT molecular complexity index is 896. The van der Waals surface area contributed by atoms with Crippen LogP contribution in [-0.4, -0.2) is 24.2 Å². The van der Waals surface area contributed by atoms with Gasteiger partial charge in [-0.15, -0.1) is 0 Å². The number of benzene rings is 2. The Morgan fingerprint density at radius 1 is 1.25 bits per heavy atom. The van der Waals surface area contributed by atoms with Gasteiger partial charge < -0.3 is 15.7 Å². The first-order valence-corrected chi connectivity index (χ1v) is 10.6. The molecule has 0 radical (unpaired) electrons. The van der Waals surface area contributed by atoms with Gasteiger partial charge in [0.05, 0.1) is 12.6 Å². The van der Waals surface area contributed by atoms with Crippen molar-refractivity contribution in [2.75, 3.05) is 18.5 Å². The van der Waals surface area contributed by atoms with Gasteiger partial charge in [0.15, 0.2) is 0 Å². The highest BCUT2D eigenvalue weighted by Crippen LogP contribution is 2.53. The molecule has 2 aliphatic rings. The largest absolute Gasteiger partial charge is 0.395 e. The summed E-state index contributed by atoms with van der Waals surface area (Å²) in [4.78, 5) is 12.4. The molecule has 1 aliphatic heterocycles. The number of amides is 1. The van der Waals surface area contributed by atoms with E-state index >= 15 is 0 Å². The van der Waals surface area contributed by atoms with Gasteiger partial charge in [-0.3, -0.25) is 4.79 Å². The summed E-state index contributed by atoms with van der Waals surface area (Å²) >= 11 is 3.58. The summed E-state index contributed by atoms with van der Waals surface area (Å²) in [5.41, 5.74) is 3.76. The first-order valence-electron chi connectivity index (χ1n) is 9.77. The van der Waals surface area contributed by atoms with Crippen molar-refractivity contribution in [2.45, 2.75) is 43.6 Å². The van der Waals surface area contributed by atoms with Crippen molar-refractivity contribution in [1.82, 2.24) is 5.32 Å². The van der Waals surface area contributed by atoms with E-state index in [1.807, 2.05) is 18.2 Å². The molecule has 28 heavy (non-hydrogen) atoms. The summed E-state index contributed by atoms with van der Waals surface area (Å²) in [5, 5.41) is 15.2. The molecule has 1 unspecified atom stereocenters. The van der Waals surface area contributed by atoms with Crippen molar-refractivity contribution in [3.63, 3.8) is 0 Å². The number of hydrogen-bond acceptors (Lipinski definition) is 3. The van der Waals surface area contributed by atoms with E-state index in [-0.39, 0.29) is 36.3 Å². The highest BCUT2D eigenvalue weighted by Gasteiger charge is 2.43. The van der Waals surface area contributed by atoms with Crippen molar-refractivity contribution in [3.05, 3.63) is 63.4 Å². The second kappa shape index (κ2) is 7.84. The number of nitrogens with one attached hydrogen (secondary N) is 2. The predicted molar refractivity (Wildman–Crippen MR) is 111 cm³/mol. The summed E-state index contributed by atoms with van der Waals surface area (Å²) in [5.74, 6) is -0.401. The van der Waals surface area contributed by atoms with Crippen molar-refractivity contribution >= 4 is 27.5 Å². The van der Waals surface area contributed by atoms with Crippen LogP contribution in [0.25, 0.3) is 0 Å². The molecule has 3 N–H and O–H groups in total. The number of fused-ring (bicyclic) bond motifs is 2. The van der Waals surface area contributed by atoms with E-state index in [0.717, 1.165) is 47.8 Å². The lowest BCUT2D eigenvalue weighted by Crippen LogP contribution is -2.35. The van der Waals surface area contributed by atoms with Crippen molar-refractivity contribution in [1.29, 1.82) is 0 Å². The molecule has 0 bridgehead atoms. The van der Waals surface area contributed by atoms with E-state index in [4.69, 9.17) is 5.11 Å². The maximum absolute atomic E-state index is 13.9. The number of halogens is 2. The van der Waals surface area contributed by atoms with Crippen LogP contribution in [0.5, 0.6) is 0 Å². The maximum Gasteiger partial charge on any atom is 0.251 e. The smallest absolute Gasteiger partial charge is 0.251 e. The summed E-state index contributed by atoms with van der Waals surface area (Å²) in [6.07, 6.45) is 5.36. The molecule has 1 saturated carbocycles. The summed E-state index contributed by atoms with van der Waals surface area (Å²) < 4.78 is 14.8. The fraction of sp³-hybridized carbons (Fsp3) is 0.409. The lowest BCUT2D eigenvalue weighted by molar-refractivity contribution is 0.0944. The van der Waals surface area contributed by atoms with Crippen LogP contribution in [-0.2, 0) is 5.41 Å². The molecule has 2 aromatic carbocycles. The van der Waals surface area contributed by atoms with Crippen LogP contribution in [0.3, 0.4) is 0 Å². The normalized spacial score (nSPS) is 19.9. The molecule has 0 aromatic heterocycles. The summed E-state index contributed by atoms with van der Waals surface area (Å²) in [7, 11) is 0. The number of hydrogen-bond donors (Lipinski definition) is 3. The number of aliphatic hydroxyl groups is 1. The van der Waals surface area contributed by atoms with Crippen LogP contribution >= 0.6 is 15.9 Å². The zero-order chi connectivity index (χ0) is 19.7. The van der Waals surface area contributed by atoms with Gasteiger partial charge in [0, 0.05) is 22.3 Å². The van der Waals surface area contributed by atoms with E-state index in [1.54, 1.807) is 12.1 Å². The van der Waals surface area contributed by atoms with Crippen molar-refractivity contribution in [2.24, 2.45) is 0 Å². The maximum atomic E-state index is 13.9. The van der Waals surface area contributed by atoms with Gasteiger partial charge >= 0.3 is 0 Å². The Balaban J connectivity index is 1.72. The molecule has 1 spiro atoms. The van der Waals surface area contributed by atoms with Gasteiger partial charge in [0.25, 0.3) is 5.91 Å². The first-order chi connectivity index (χ1) is 13.5. The highest BCUT2D eigenvalue weighted by molar-refractivity contribution is 9.10. The van der Waals surface area contributed by atoms with E-state index in [0.29, 0.717) is 5.56 Å². The summed E-state index contributed by atoms with van der Waals surface area (Å²) in [6, 6.07) is 10.6. The number of anilines is 1. The first kappa shape index (κ1) is 19.4. The van der Waals surface area contributed by atoms with Gasteiger partial charge in [-0.1, -0.05) is 28.8 Å². The highest BCUT2D eigenvalue weighted by atomic mass is 79.9. The van der Waals surface area contributed by atoms with Gasteiger partial charge in [-0.25, -0.2) is 4.39 Å². The predicted octanol–water partition coefficient (Wildman–Crippen LogP) is 4.68. The van der Waals surface area contributed by atoms with Crippen LogP contribution in [0.15, 0.2) is 40.9 Å². The minimum Gasteiger partial charge on any atom is -0.395 e. The van der Waals surface area contributed by atoms with Crippen LogP contribution in [0.1, 0.15) is 59.6 Å². The molecule has 1 heterocycles. The second-order valence-corrected chi connectivity index (χ2v) is 8.65. The van der Waals surface area contributed by atoms with Crippen molar-refractivity contribution < 1.29 is 14.3 Å². The minimum absolute atomic E-state index is 0.00424. The third kappa shape index (κ3) is 3.55. The molecule has 1 aliphatic carbocycles. The third-order valence-corrected chi connectivity index (χ3v) is 6.79. The van der Waals surface area contributed by atoms with E-state index in [1.165, 1.54) is 11.6 Å². The Morgan fingerprint density at radius 3 is 2.79 bits per heavy atom. The monoisotopic (exact) mass is 446 g/mol. The molecular weight excluding hydrogens is 423 g/mol. The fourth-order valence-electron chi connectivity index (χ4n) is 4.76.